The third-order valence-electron chi connectivity index (χ3n) is 8.46. The normalized spacial score (nSPS) is 11.7. The summed E-state index contributed by atoms with van der Waals surface area (Å²) in [5, 5.41) is 21.9. The van der Waals surface area contributed by atoms with Crippen LogP contribution in [0, 0.1) is 19.9 Å². The van der Waals surface area contributed by atoms with Gasteiger partial charge in [0.25, 0.3) is 17.7 Å². The molecule has 0 bridgehead atoms. The maximum Gasteiger partial charge on any atom is 0.335 e. The molecule has 3 aromatic rings. The molecule has 14 heteroatoms. The first-order chi connectivity index (χ1) is 25.8. The first-order valence-corrected chi connectivity index (χ1v) is 17.4. The van der Waals surface area contributed by atoms with Gasteiger partial charge in [0.2, 0.25) is 5.91 Å². The molecule has 327 valence electrons. The fraction of sp³-hybridized carbons (Fsp3) is 0.348. The van der Waals surface area contributed by atoms with Crippen molar-refractivity contribution in [3.05, 3.63) is 140 Å². The van der Waals surface area contributed by atoms with E-state index in [1.54, 1.807) is 63.5 Å². The molecule has 0 spiro atoms. The monoisotopic (exact) mass is 904 g/mol. The molecule has 60 heavy (non-hydrogen) atoms. The van der Waals surface area contributed by atoms with Gasteiger partial charge in [0, 0.05) is 87.6 Å². The molecule has 0 aliphatic heterocycles. The second-order valence-corrected chi connectivity index (χ2v) is 12.4. The Morgan fingerprint density at radius 1 is 0.567 bits per heavy atom. The number of benzene rings is 3. The molecule has 0 saturated heterocycles. The van der Waals surface area contributed by atoms with Crippen LogP contribution < -0.4 is 32.3 Å². The molecule has 5 amide bonds. The molecule has 0 aromatic heterocycles. The Hall–Kier alpha value is -5.40. The van der Waals surface area contributed by atoms with E-state index in [-0.39, 0.29) is 105 Å². The van der Waals surface area contributed by atoms with Gasteiger partial charge in [-0.1, -0.05) is 73.1 Å². The van der Waals surface area contributed by atoms with Gasteiger partial charge in [-0.2, -0.15) is 0 Å². The van der Waals surface area contributed by atoms with E-state index >= 15 is 0 Å². The fourth-order valence-electron chi connectivity index (χ4n) is 4.72. The zero-order chi connectivity index (χ0) is 39.8. The number of aromatic carboxylic acids is 1. The Morgan fingerprint density at radius 3 is 1.28 bits per heavy atom. The Morgan fingerprint density at radius 2 is 0.933 bits per heavy atom. The van der Waals surface area contributed by atoms with E-state index in [9.17, 15) is 28.8 Å². The van der Waals surface area contributed by atoms with Crippen LogP contribution >= 0.6 is 0 Å². The second-order valence-electron chi connectivity index (χ2n) is 12.4. The minimum Gasteiger partial charge on any atom is -0.478 e. The number of allylic oxidation sites excluding steroid dienone is 6. The summed E-state index contributed by atoms with van der Waals surface area (Å²) < 4.78 is 0. The van der Waals surface area contributed by atoms with Gasteiger partial charge in [0.15, 0.2) is 5.91 Å². The van der Waals surface area contributed by atoms with E-state index in [4.69, 9.17) is 10.8 Å². The van der Waals surface area contributed by atoms with Gasteiger partial charge in [0.05, 0.1) is 5.56 Å². The van der Waals surface area contributed by atoms with Gasteiger partial charge in [0.1, 0.15) is 0 Å². The van der Waals surface area contributed by atoms with Crippen LogP contribution in [0.1, 0.15) is 149 Å². The summed E-state index contributed by atoms with van der Waals surface area (Å²) >= 11 is 0. The number of carboxylic acids is 1. The number of carboxylic acid groups (broad SMARTS) is 1. The zero-order valence-corrected chi connectivity index (χ0v) is 34.6. The molecule has 0 heterocycles. The molecule has 3 aliphatic carbocycles. The first kappa shape index (κ1) is 61.3. The first-order valence-electron chi connectivity index (χ1n) is 17.4. The molecule has 13 nitrogen and oxygen atoms in total. The van der Waals surface area contributed by atoms with Crippen molar-refractivity contribution < 1.29 is 66.6 Å². The largest absolute Gasteiger partial charge is 0.478 e. The van der Waals surface area contributed by atoms with Crippen molar-refractivity contribution in [2.24, 2.45) is 5.73 Å². The fourth-order valence-corrected chi connectivity index (χ4v) is 4.72. The van der Waals surface area contributed by atoms with Crippen molar-refractivity contribution in [2.45, 2.75) is 89.5 Å². The predicted molar refractivity (Wildman–Crippen MR) is 239 cm³/mol. The summed E-state index contributed by atoms with van der Waals surface area (Å²) in [7, 11) is 4.63. The maximum absolute atomic E-state index is 12.0. The molecular weight excluding hydrogens is 837 g/mol. The third kappa shape index (κ3) is 18.7. The zero-order valence-electron chi connectivity index (χ0n) is 31.7. The number of aryl methyl sites for hydroxylation is 2. The number of nitrogens with one attached hydrogen (secondary N) is 5. The molecule has 0 unspecified atom stereocenters. The molecule has 8 N–H and O–H groups in total. The smallest absolute Gasteiger partial charge is 0.335 e. The van der Waals surface area contributed by atoms with E-state index in [2.05, 4.69) is 32.7 Å². The van der Waals surface area contributed by atoms with Crippen LogP contribution in [0.15, 0.2) is 89.9 Å². The van der Waals surface area contributed by atoms with E-state index in [0.29, 0.717) is 33.4 Å². The van der Waals surface area contributed by atoms with Crippen LogP contribution in [0.25, 0.3) is 0 Å². The van der Waals surface area contributed by atoms with E-state index in [1.807, 2.05) is 25.2 Å². The number of hydrogen-bond donors (Lipinski definition) is 7. The van der Waals surface area contributed by atoms with Crippen LogP contribution in [0.3, 0.4) is 0 Å². The molecule has 1 radical (unpaired) electrons. The molecule has 0 fully saturated rings. The SMILES string of the molecule is C.C.C.C.C.CNC(=O)c1cc[c-]c(C(=O)NC2=CCC2)c1.CNC(=O)c1ccc(C)c(C(=O)NC2=CCC2)c1.CNC(=O)c1ccc(C)c(C(=O)O)c1.NC1=CCC1.[Y]. The van der Waals surface area contributed by atoms with Gasteiger partial charge in [-0.05, 0) is 93.3 Å². The maximum atomic E-state index is 12.0. The van der Waals surface area contributed by atoms with Gasteiger partial charge < -0.3 is 42.2 Å². The van der Waals surface area contributed by atoms with Crippen molar-refractivity contribution >= 4 is 35.5 Å². The molecular formula is C46H67N6O7Y-. The van der Waals surface area contributed by atoms with E-state index in [1.165, 1.54) is 25.6 Å². The quantitative estimate of drug-likeness (QED) is 0.110. The summed E-state index contributed by atoms with van der Waals surface area (Å²) in [5.74, 6) is -2.07. The summed E-state index contributed by atoms with van der Waals surface area (Å²) in [6.07, 6.45) is 12.2. The van der Waals surface area contributed by atoms with Crippen LogP contribution in [0.4, 0.5) is 0 Å². The van der Waals surface area contributed by atoms with E-state index < -0.39 is 5.97 Å². The summed E-state index contributed by atoms with van der Waals surface area (Å²) in [5.41, 5.74) is 12.1. The van der Waals surface area contributed by atoms with Gasteiger partial charge in [-0.3, -0.25) is 19.2 Å². The minimum atomic E-state index is -1.02. The third-order valence-corrected chi connectivity index (χ3v) is 8.46. The van der Waals surface area contributed by atoms with Crippen molar-refractivity contribution in [1.82, 2.24) is 26.6 Å². The van der Waals surface area contributed by atoms with Crippen molar-refractivity contribution in [2.75, 3.05) is 21.1 Å². The average Bonchev–Trinajstić information content (AvgIpc) is 3.13. The number of carbonyl (C=O) groups is 6. The number of nitrogens with two attached hydrogens (primary N) is 1. The number of hydrogen-bond acceptors (Lipinski definition) is 7. The Bertz CT molecular complexity index is 2010. The Kier molecular flexibility index (Phi) is 31.3. The standard InChI is InChI=1S/C14H16N2O2.C13H13N2O2.C10H11NO3.C4H7N.5CH4.Y/c1-9-6-7-10(13(17)15-2)8-12(9)14(18)16-11-4-3-5-11;1-14-12(16)9-4-2-5-10(8-9)13(17)15-11-6-3-7-11;1-6-3-4-7(9(12)11-2)5-8(6)10(13)14;5-4-2-1-3-4;;;;;;/h4,6-8H,3,5H2,1-2H3,(H,15,17)(H,16,18);2,4,6,8H,3,7H2,1H3,(H,14,16)(H,15,17);3-5H,1-2H3,(H,11,12)(H,13,14);2H,1,3,5H2;5*1H4;/q;-1;;;;;;;;. The topological polar surface area (TPSA) is 209 Å². The minimum absolute atomic E-state index is 0. The van der Waals surface area contributed by atoms with Gasteiger partial charge >= 0.3 is 5.97 Å². The van der Waals surface area contributed by atoms with Crippen LogP contribution in [-0.4, -0.2) is 61.8 Å². The second kappa shape index (κ2) is 30.6. The van der Waals surface area contributed by atoms with Crippen molar-refractivity contribution in [3.63, 3.8) is 0 Å². The Labute approximate surface area is 383 Å². The molecule has 0 atom stereocenters. The summed E-state index contributed by atoms with van der Waals surface area (Å²) in [4.78, 5) is 68.7. The van der Waals surface area contributed by atoms with Crippen LogP contribution in [0.5, 0.6) is 0 Å². The Balaban J connectivity index is -0.000000355. The molecule has 3 aliphatic rings. The molecule has 3 aromatic carbocycles. The average molecular weight is 905 g/mol. The van der Waals surface area contributed by atoms with Crippen molar-refractivity contribution in [1.29, 1.82) is 0 Å². The summed E-state index contributed by atoms with van der Waals surface area (Å²) in [6, 6.07) is 17.3. The van der Waals surface area contributed by atoms with E-state index in [0.717, 1.165) is 54.8 Å². The van der Waals surface area contributed by atoms with Crippen molar-refractivity contribution in [3.8, 4) is 0 Å². The van der Waals surface area contributed by atoms with Crippen LogP contribution in [0.2, 0.25) is 0 Å². The number of rotatable bonds is 8. The van der Waals surface area contributed by atoms with Crippen LogP contribution in [-0.2, 0) is 32.7 Å². The molecule has 6 rings (SSSR count). The summed E-state index contributed by atoms with van der Waals surface area (Å²) in [6.45, 7) is 3.55. The number of carbonyl (C=O) groups excluding carboxylic acids is 5. The molecule has 0 saturated carbocycles. The van der Waals surface area contributed by atoms with Gasteiger partial charge in [-0.25, -0.2) is 4.79 Å². The predicted octanol–water partition coefficient (Wildman–Crippen LogP) is 7.87. The number of amides is 5. The van der Waals surface area contributed by atoms with Gasteiger partial charge in [-0.15, -0.1) is 24.3 Å².